The van der Waals surface area contributed by atoms with E-state index in [0.717, 1.165) is 0 Å². The summed E-state index contributed by atoms with van der Waals surface area (Å²) in [6, 6.07) is 0. The monoisotopic (exact) mass is 174 g/mol. The van der Waals surface area contributed by atoms with E-state index in [9.17, 15) is 4.21 Å². The molecule has 0 saturated heterocycles. The fraction of sp³-hybridized carbons (Fsp3) is 0.500. The van der Waals surface area contributed by atoms with Gasteiger partial charge in [-0.1, -0.05) is 13.8 Å². The minimum Gasteiger partial charge on any atom is -0.289 e. The molecule has 11 heavy (non-hydrogen) atoms. The van der Waals surface area contributed by atoms with Gasteiger partial charge in [0.1, 0.15) is 5.82 Å². The summed E-state index contributed by atoms with van der Waals surface area (Å²) in [6.45, 7) is 3.84. The van der Waals surface area contributed by atoms with Crippen LogP contribution in [-0.2, 0) is 11.3 Å². The highest BCUT2D eigenvalue weighted by Gasteiger charge is 2.09. The van der Waals surface area contributed by atoms with E-state index in [4.69, 9.17) is 4.55 Å². The van der Waals surface area contributed by atoms with Crippen molar-refractivity contribution < 1.29 is 8.76 Å². The predicted octanol–water partition coefficient (Wildman–Crippen LogP) is 0.991. The van der Waals surface area contributed by atoms with E-state index in [1.54, 1.807) is 0 Å². The van der Waals surface area contributed by atoms with Crippen LogP contribution in [0.2, 0.25) is 0 Å². The molecule has 62 valence electrons. The first-order chi connectivity index (χ1) is 5.13. The third-order valence-electron chi connectivity index (χ3n) is 1.32. The van der Waals surface area contributed by atoms with Crippen LogP contribution in [0.4, 0.5) is 0 Å². The highest BCUT2D eigenvalue weighted by atomic mass is 32.2. The Morgan fingerprint density at radius 2 is 2.36 bits per heavy atom. The molecule has 0 aliphatic heterocycles. The van der Waals surface area contributed by atoms with Crippen LogP contribution in [0, 0.1) is 0 Å². The average molecular weight is 174 g/mol. The van der Waals surface area contributed by atoms with Crippen molar-refractivity contribution in [3.63, 3.8) is 0 Å². The van der Waals surface area contributed by atoms with Gasteiger partial charge in [-0.3, -0.25) is 4.55 Å². The van der Waals surface area contributed by atoms with Crippen LogP contribution in [0.5, 0.6) is 0 Å². The van der Waals surface area contributed by atoms with Crippen LogP contribution in [0.1, 0.15) is 25.6 Å². The third kappa shape index (κ3) is 1.66. The summed E-state index contributed by atoms with van der Waals surface area (Å²) in [5.74, 6) is 0.798. The van der Waals surface area contributed by atoms with Crippen molar-refractivity contribution >= 4 is 11.3 Å². The molecule has 1 heterocycles. The van der Waals surface area contributed by atoms with Gasteiger partial charge in [0.2, 0.25) is 0 Å². The summed E-state index contributed by atoms with van der Waals surface area (Å²) < 4.78 is 20.6. The maximum absolute atomic E-state index is 10.6. The van der Waals surface area contributed by atoms with Crippen molar-refractivity contribution in [2.24, 2.45) is 0 Å². The Bertz CT molecular complexity index is 269. The lowest BCUT2D eigenvalue weighted by Crippen LogP contribution is -2.07. The van der Waals surface area contributed by atoms with Gasteiger partial charge >= 0.3 is 0 Å². The van der Waals surface area contributed by atoms with Gasteiger partial charge in [0, 0.05) is 18.3 Å². The van der Waals surface area contributed by atoms with Crippen molar-refractivity contribution in [2.45, 2.75) is 19.8 Å². The van der Waals surface area contributed by atoms with Gasteiger partial charge < -0.3 is 0 Å². The number of rotatable bonds is 2. The summed E-state index contributed by atoms with van der Waals surface area (Å²) in [5.41, 5.74) is 0. The second-order valence-corrected chi connectivity index (χ2v) is 3.35. The summed E-state index contributed by atoms with van der Waals surface area (Å²) in [5, 5.41) is 0. The SMILES string of the molecule is CC(C)c1nccn1S(=O)O. The van der Waals surface area contributed by atoms with Gasteiger partial charge in [-0.15, -0.1) is 0 Å². The van der Waals surface area contributed by atoms with Crippen molar-refractivity contribution in [1.82, 2.24) is 8.96 Å². The minimum atomic E-state index is -1.98. The molecule has 0 saturated carbocycles. The molecule has 0 fully saturated rings. The Morgan fingerprint density at radius 1 is 1.73 bits per heavy atom. The Morgan fingerprint density at radius 3 is 2.73 bits per heavy atom. The topological polar surface area (TPSA) is 55.1 Å². The molecule has 0 radical (unpaired) electrons. The van der Waals surface area contributed by atoms with Gasteiger partial charge in [0.05, 0.1) is 0 Å². The van der Waals surface area contributed by atoms with Crippen molar-refractivity contribution in [1.29, 1.82) is 0 Å². The summed E-state index contributed by atoms with van der Waals surface area (Å²) in [7, 11) is 0. The van der Waals surface area contributed by atoms with E-state index in [0.29, 0.717) is 5.82 Å². The molecule has 0 bridgehead atoms. The van der Waals surface area contributed by atoms with E-state index >= 15 is 0 Å². The molecule has 1 rings (SSSR count). The molecule has 0 aliphatic rings. The summed E-state index contributed by atoms with van der Waals surface area (Å²) in [4.78, 5) is 3.95. The molecule has 5 heteroatoms. The van der Waals surface area contributed by atoms with E-state index in [-0.39, 0.29) is 5.92 Å². The van der Waals surface area contributed by atoms with Crippen molar-refractivity contribution in [3.8, 4) is 0 Å². The largest absolute Gasteiger partial charge is 0.289 e. The maximum Gasteiger partial charge on any atom is 0.267 e. The van der Waals surface area contributed by atoms with Gasteiger partial charge in [-0.2, -0.15) is 0 Å². The lowest BCUT2D eigenvalue weighted by molar-refractivity contribution is 0.549. The highest BCUT2D eigenvalue weighted by molar-refractivity contribution is 7.77. The fourth-order valence-electron chi connectivity index (χ4n) is 0.839. The smallest absolute Gasteiger partial charge is 0.267 e. The molecule has 0 amide bonds. The summed E-state index contributed by atoms with van der Waals surface area (Å²) >= 11 is -1.98. The van der Waals surface area contributed by atoms with E-state index < -0.39 is 11.3 Å². The third-order valence-corrected chi connectivity index (χ3v) is 1.96. The van der Waals surface area contributed by atoms with Crippen LogP contribution >= 0.6 is 0 Å². The lowest BCUT2D eigenvalue weighted by Gasteiger charge is -2.04. The van der Waals surface area contributed by atoms with Crippen LogP contribution in [0.3, 0.4) is 0 Å². The number of hydrogen-bond acceptors (Lipinski definition) is 2. The van der Waals surface area contributed by atoms with Crippen LogP contribution in [-0.4, -0.2) is 17.7 Å². The van der Waals surface area contributed by atoms with Gasteiger partial charge in [0.25, 0.3) is 11.3 Å². The molecular formula is C6H10N2O2S. The second kappa shape index (κ2) is 3.15. The Kier molecular flexibility index (Phi) is 2.41. The average Bonchev–Trinajstić information content (AvgIpc) is 2.32. The first-order valence-electron chi connectivity index (χ1n) is 3.27. The quantitative estimate of drug-likeness (QED) is 0.680. The maximum atomic E-state index is 10.6. The zero-order valence-electron chi connectivity index (χ0n) is 6.39. The van der Waals surface area contributed by atoms with Crippen molar-refractivity contribution in [3.05, 3.63) is 18.2 Å². The normalized spacial score (nSPS) is 13.8. The molecule has 0 spiro atoms. The van der Waals surface area contributed by atoms with E-state index in [2.05, 4.69) is 4.98 Å². The summed E-state index contributed by atoms with van der Waals surface area (Å²) in [6.07, 6.45) is 3.01. The Hall–Kier alpha value is -0.680. The molecule has 0 aromatic carbocycles. The van der Waals surface area contributed by atoms with E-state index in [1.807, 2.05) is 13.8 Å². The first kappa shape index (κ1) is 8.42. The number of hydrogen-bond donors (Lipinski definition) is 1. The van der Waals surface area contributed by atoms with Crippen LogP contribution in [0.25, 0.3) is 0 Å². The Balaban J connectivity index is 3.06. The molecule has 4 nitrogen and oxygen atoms in total. The van der Waals surface area contributed by atoms with Crippen molar-refractivity contribution in [2.75, 3.05) is 0 Å². The van der Waals surface area contributed by atoms with Gasteiger partial charge in [-0.25, -0.2) is 13.2 Å². The zero-order chi connectivity index (χ0) is 8.43. The molecule has 1 unspecified atom stereocenters. The molecule has 1 atom stereocenters. The fourth-order valence-corrected chi connectivity index (χ4v) is 1.42. The lowest BCUT2D eigenvalue weighted by atomic mass is 10.2. The second-order valence-electron chi connectivity index (χ2n) is 2.50. The van der Waals surface area contributed by atoms with Gasteiger partial charge in [-0.05, 0) is 0 Å². The molecule has 1 aromatic rings. The number of imidazole rings is 1. The van der Waals surface area contributed by atoms with Gasteiger partial charge in [0.15, 0.2) is 0 Å². The molecular weight excluding hydrogens is 164 g/mol. The molecule has 1 N–H and O–H groups in total. The van der Waals surface area contributed by atoms with Crippen LogP contribution in [0.15, 0.2) is 12.4 Å². The molecule has 0 aliphatic carbocycles. The number of nitrogens with zero attached hydrogens (tertiary/aromatic N) is 2. The predicted molar refractivity (Wildman–Crippen MR) is 42.5 cm³/mol. The zero-order valence-corrected chi connectivity index (χ0v) is 7.21. The van der Waals surface area contributed by atoms with E-state index in [1.165, 1.54) is 16.4 Å². The van der Waals surface area contributed by atoms with Crippen LogP contribution < -0.4 is 0 Å². The molecule has 1 aromatic heterocycles. The highest BCUT2D eigenvalue weighted by Crippen LogP contribution is 2.11. The first-order valence-corrected chi connectivity index (χ1v) is 4.34. The standard InChI is InChI=1S/C6H10N2O2S/c1-5(2)6-7-3-4-8(6)11(9)10/h3-5H,1-2H3,(H,9,10). The minimum absolute atomic E-state index is 0.168. The number of aromatic nitrogens is 2. The Labute approximate surface area is 67.7 Å².